The van der Waals surface area contributed by atoms with Gasteiger partial charge in [-0.1, -0.05) is 71.1 Å². The molecule has 1 aliphatic carbocycles. The number of cyclic esters (lactones) is 1. The van der Waals surface area contributed by atoms with Crippen LogP contribution in [0.2, 0.25) is 0 Å². The molecule has 0 spiro atoms. The summed E-state index contributed by atoms with van der Waals surface area (Å²) in [6.45, 7) is 22.6. The van der Waals surface area contributed by atoms with E-state index in [9.17, 15) is 29.4 Å². The number of nitrogens with zero attached hydrogens (tertiary/aromatic N) is 1. The molecule has 4 aliphatic rings. The number of aliphatic hydroxyl groups is 2. The number of ketones is 2. The summed E-state index contributed by atoms with van der Waals surface area (Å²) < 4.78 is 81.5. The summed E-state index contributed by atoms with van der Waals surface area (Å²) >= 11 is 5.61. The lowest BCUT2D eigenvalue weighted by molar-refractivity contribution is -0.265. The largest absolute Gasteiger partial charge is 0.465 e. The highest BCUT2D eigenvalue weighted by Crippen LogP contribution is 2.38. The maximum atomic E-state index is 14.9. The number of rotatable bonds is 30. The molecule has 4 rings (SSSR count). The number of esters is 1. The molecule has 0 aromatic rings. The van der Waals surface area contributed by atoms with Crippen LogP contribution >= 0.6 is 12.2 Å². The van der Waals surface area contributed by atoms with E-state index in [2.05, 4.69) is 5.32 Å². The highest BCUT2D eigenvalue weighted by atomic mass is 32.1. The third kappa shape index (κ3) is 27.8. The van der Waals surface area contributed by atoms with E-state index in [1.807, 2.05) is 78.0 Å². The Bertz CT molecular complexity index is 2270. The molecule has 0 aromatic carbocycles. The van der Waals surface area contributed by atoms with Crippen molar-refractivity contribution in [1.29, 1.82) is 0 Å². The van der Waals surface area contributed by atoms with Crippen molar-refractivity contribution in [2.45, 2.75) is 193 Å². The molecule has 3 fully saturated rings. The Morgan fingerprint density at radius 3 is 1.89 bits per heavy atom. The van der Waals surface area contributed by atoms with Crippen LogP contribution in [0.15, 0.2) is 47.6 Å². The number of amides is 1. The Kier molecular flexibility index (Phi) is 39.5. The van der Waals surface area contributed by atoms with Gasteiger partial charge < -0.3 is 86.7 Å². The molecule has 528 valence electrons. The fraction of sp³-hybridized carbons (Fsp3) is 0.812. The van der Waals surface area contributed by atoms with Crippen molar-refractivity contribution >= 4 is 40.8 Å². The van der Waals surface area contributed by atoms with Gasteiger partial charge in [0.25, 0.3) is 16.9 Å². The average molecular weight is 1330 g/mol. The minimum Gasteiger partial charge on any atom is -0.465 e. The van der Waals surface area contributed by atoms with Gasteiger partial charge in [-0.05, 0) is 126 Å². The van der Waals surface area contributed by atoms with Crippen molar-refractivity contribution in [3.8, 4) is 0 Å². The van der Waals surface area contributed by atoms with Gasteiger partial charge in [-0.2, -0.15) is 0 Å². The number of aliphatic hydroxyl groups excluding tert-OH is 1. The quantitative estimate of drug-likeness (QED) is 0.0205. The predicted octanol–water partition coefficient (Wildman–Crippen LogP) is 7.66. The molecule has 2 saturated heterocycles. The van der Waals surface area contributed by atoms with Crippen LogP contribution in [0.25, 0.3) is 0 Å². The smallest absolute Gasteiger partial charge is 0.329 e. The lowest BCUT2D eigenvalue weighted by Gasteiger charge is -2.43. The molecule has 3 N–H and O–H groups in total. The molecule has 3 heterocycles. The molecule has 16 atom stereocenters. The van der Waals surface area contributed by atoms with Crippen LogP contribution in [-0.2, 0) is 85.5 Å². The molecule has 1 amide bonds. The third-order valence-electron chi connectivity index (χ3n) is 18.1. The molecule has 0 radical (unpaired) electrons. The maximum Gasteiger partial charge on any atom is 0.329 e. The van der Waals surface area contributed by atoms with Crippen molar-refractivity contribution in [2.24, 2.45) is 35.5 Å². The molecule has 22 nitrogen and oxygen atoms in total. The second kappa shape index (κ2) is 45.0. The summed E-state index contributed by atoms with van der Waals surface area (Å²) in [4.78, 5) is 59.1. The second-order valence-electron chi connectivity index (χ2n) is 25.2. The summed E-state index contributed by atoms with van der Waals surface area (Å²) in [7, 11) is 6.26. The van der Waals surface area contributed by atoms with Crippen LogP contribution in [0.3, 0.4) is 0 Å². The molecule has 0 aromatic heterocycles. The van der Waals surface area contributed by atoms with Gasteiger partial charge in [0.2, 0.25) is 5.79 Å². The normalized spacial score (nSPS) is 32.7. The highest BCUT2D eigenvalue weighted by Gasteiger charge is 2.53. The van der Waals surface area contributed by atoms with Crippen LogP contribution in [0.5, 0.6) is 0 Å². The van der Waals surface area contributed by atoms with E-state index in [4.69, 9.17) is 78.5 Å². The van der Waals surface area contributed by atoms with Crippen LogP contribution < -0.4 is 5.32 Å². The van der Waals surface area contributed by atoms with E-state index in [1.165, 1.54) is 12.0 Å². The molecule has 3 unspecified atom stereocenters. The number of fused-ring (bicyclic) bond motifs is 3. The first kappa shape index (κ1) is 80.8. The van der Waals surface area contributed by atoms with Gasteiger partial charge in [0.05, 0.1) is 110 Å². The van der Waals surface area contributed by atoms with E-state index in [0.29, 0.717) is 162 Å². The van der Waals surface area contributed by atoms with Gasteiger partial charge in [0.15, 0.2) is 5.78 Å². The summed E-state index contributed by atoms with van der Waals surface area (Å²) in [5.74, 6) is -6.98. The molecular formula is C69H116N2O20S. The van der Waals surface area contributed by atoms with Crippen molar-refractivity contribution < 1.29 is 95.7 Å². The zero-order valence-corrected chi connectivity index (χ0v) is 58.3. The Labute approximate surface area is 554 Å². The summed E-state index contributed by atoms with van der Waals surface area (Å²) in [5, 5.41) is 27.3. The van der Waals surface area contributed by atoms with Gasteiger partial charge in [0, 0.05) is 78.7 Å². The SMILES string of the molecule is CCOCCOCCOCCOCCOCCOCCOCCNC(=S)OC1CC[C@@H](C[C@@H](C)[C@@H]2C[C@@H](OC)[C@H](C)/C=C(\C)C(O)[C@@H](OC)C(=O)C(C)C[C@H](C)/C=C/C=C/C=C(\C)[C@@H](OC)C[C@@H]3CC[C@@H](C)[C@@](O)(O3)C(=O)C(=O)N3CCCC[C@H]3C(=O)O2)C[C@H]1OC. The first-order valence-electron chi connectivity index (χ1n) is 33.7. The van der Waals surface area contributed by atoms with Crippen LogP contribution in [0.4, 0.5) is 0 Å². The number of methoxy groups -OCH3 is 4. The van der Waals surface area contributed by atoms with E-state index in [0.717, 1.165) is 12.0 Å². The number of allylic oxidation sites excluding steroid dienone is 5. The predicted molar refractivity (Wildman–Crippen MR) is 352 cm³/mol. The van der Waals surface area contributed by atoms with Crippen molar-refractivity contribution in [2.75, 3.05) is 134 Å². The van der Waals surface area contributed by atoms with E-state index in [-0.39, 0.29) is 66.2 Å². The minimum absolute atomic E-state index is 0.0266. The van der Waals surface area contributed by atoms with E-state index >= 15 is 0 Å². The number of nitrogens with one attached hydrogen (secondary N) is 1. The maximum absolute atomic E-state index is 14.9. The summed E-state index contributed by atoms with van der Waals surface area (Å²) in [6.07, 6.45) is 12.4. The van der Waals surface area contributed by atoms with Crippen molar-refractivity contribution in [3.05, 3.63) is 47.6 Å². The molecule has 92 heavy (non-hydrogen) atoms. The van der Waals surface area contributed by atoms with Gasteiger partial charge in [-0.3, -0.25) is 14.4 Å². The number of hydrogen-bond acceptors (Lipinski definition) is 21. The molecule has 2 bridgehead atoms. The van der Waals surface area contributed by atoms with Crippen LogP contribution in [0, 0.1) is 35.5 Å². The Morgan fingerprint density at radius 1 is 0.696 bits per heavy atom. The average Bonchev–Trinajstić information content (AvgIpc) is 0.793. The Balaban J connectivity index is 1.40. The summed E-state index contributed by atoms with van der Waals surface area (Å²) in [5.41, 5.74) is 1.41. The zero-order valence-electron chi connectivity index (χ0n) is 57.5. The molecule has 1 saturated carbocycles. The number of ether oxygens (including phenoxy) is 14. The topological polar surface area (TPSA) is 253 Å². The molecular weight excluding hydrogens is 1210 g/mol. The minimum atomic E-state index is -2.43. The Morgan fingerprint density at radius 2 is 1.30 bits per heavy atom. The van der Waals surface area contributed by atoms with E-state index < -0.39 is 77.9 Å². The second-order valence-corrected chi connectivity index (χ2v) is 25.5. The van der Waals surface area contributed by atoms with Gasteiger partial charge in [-0.25, -0.2) is 4.79 Å². The first-order valence-corrected chi connectivity index (χ1v) is 34.1. The fourth-order valence-electron chi connectivity index (χ4n) is 12.5. The van der Waals surface area contributed by atoms with Crippen LogP contribution in [0.1, 0.15) is 132 Å². The van der Waals surface area contributed by atoms with Gasteiger partial charge >= 0.3 is 5.97 Å². The van der Waals surface area contributed by atoms with Crippen molar-refractivity contribution in [1.82, 2.24) is 10.2 Å². The summed E-state index contributed by atoms with van der Waals surface area (Å²) in [6, 6.07) is -1.11. The van der Waals surface area contributed by atoms with Gasteiger partial charge in [-0.15, -0.1) is 0 Å². The van der Waals surface area contributed by atoms with E-state index in [1.54, 1.807) is 35.2 Å². The highest BCUT2D eigenvalue weighted by molar-refractivity contribution is 7.80. The standard InChI is InChI=1S/C69H116N2O20S/c1-13-82-29-30-84-33-34-86-37-38-88-40-39-87-36-35-85-32-31-83-28-26-70-68(92)90-57-25-23-54(44-61(57)80-11)43-50(5)60-46-59(79-10)49(4)42-52(7)63(73)64(81-12)62(72)51(6)41-47(2)19-15-14-16-20-48(3)58(78-9)45-55-24-22-53(8)69(77,91-55)65(74)66(75)71-27-18-17-21-56(71)67(76)89-60/h14-16,19-20,42,47,49-51,53-61,63-64,73,77H,13,17-18,21-41,43-46H2,1-12H3,(H,70,92)/b16-14+,19-15+,48-20+,52-42+/t47-,49-,50-,51?,53-,54+,55+,56+,57?,58+,59-,60+,61-,63?,64+,69-/m1/s1. The lowest BCUT2D eigenvalue weighted by Crippen LogP contribution is -2.61. The molecule has 23 heteroatoms. The molecule has 3 aliphatic heterocycles. The number of piperidine rings is 1. The number of thiocarbonyl (C=S) groups is 1. The lowest BCUT2D eigenvalue weighted by atomic mass is 9.78. The van der Waals surface area contributed by atoms with Crippen molar-refractivity contribution in [3.63, 3.8) is 0 Å². The first-order chi connectivity index (χ1) is 44.2. The van der Waals surface area contributed by atoms with Crippen LogP contribution in [-0.4, -0.2) is 238 Å². The number of carbonyl (C=O) groups excluding carboxylic acids is 4. The number of carbonyl (C=O) groups is 4. The zero-order chi connectivity index (χ0) is 67.4. The number of Topliss-reactive ketones (excluding diaryl/α,β-unsaturated/α-hetero) is 2. The monoisotopic (exact) mass is 1320 g/mol. The Hall–Kier alpha value is -3.63. The fourth-order valence-corrected chi connectivity index (χ4v) is 12.8. The number of hydrogen-bond donors (Lipinski definition) is 3. The third-order valence-corrected chi connectivity index (χ3v) is 18.4. The van der Waals surface area contributed by atoms with Gasteiger partial charge in [0.1, 0.15) is 30.5 Å².